The summed E-state index contributed by atoms with van der Waals surface area (Å²) >= 11 is 0. The molecular formula is C18H24ClFN4O3. The van der Waals surface area contributed by atoms with Crippen LogP contribution >= 0.6 is 12.4 Å². The number of pyridine rings is 2. The third-order valence-corrected chi connectivity index (χ3v) is 4.73. The maximum atomic E-state index is 14.7. The van der Waals surface area contributed by atoms with Crippen LogP contribution in [0.3, 0.4) is 0 Å². The highest BCUT2D eigenvalue weighted by molar-refractivity contribution is 5.92. The molecule has 0 radical (unpaired) electrons. The highest BCUT2D eigenvalue weighted by Gasteiger charge is 2.26. The monoisotopic (exact) mass is 398 g/mol. The zero-order valence-corrected chi connectivity index (χ0v) is 16.2. The van der Waals surface area contributed by atoms with Gasteiger partial charge in [-0.15, -0.1) is 12.4 Å². The van der Waals surface area contributed by atoms with Crippen LogP contribution in [0.1, 0.15) is 37.0 Å². The van der Waals surface area contributed by atoms with Crippen molar-refractivity contribution >= 4 is 35.2 Å². The van der Waals surface area contributed by atoms with Crippen molar-refractivity contribution in [1.29, 1.82) is 0 Å². The summed E-state index contributed by atoms with van der Waals surface area (Å²) in [4.78, 5) is 29.9. The Balaban J connectivity index is 0.00000261. The standard InChI is InChI=1S/C18H23FN4O3.ClH/c1-3-6-20-11-5-7-23(9-11)17-14(19)8-12-15(24)13(18(25)26)10-22(4-2)16(12)21-17;/h8,10-11,20H,3-7,9H2,1-2H3,(H,25,26);1H. The van der Waals surface area contributed by atoms with Crippen LogP contribution < -0.4 is 15.6 Å². The number of hydrogen-bond acceptors (Lipinski definition) is 5. The number of aromatic carboxylic acids is 1. The fraction of sp³-hybridized carbons (Fsp3) is 0.500. The molecule has 1 aliphatic heterocycles. The van der Waals surface area contributed by atoms with Crippen molar-refractivity contribution in [2.75, 3.05) is 24.5 Å². The second-order valence-corrected chi connectivity index (χ2v) is 6.51. The quantitative estimate of drug-likeness (QED) is 0.776. The average molecular weight is 399 g/mol. The van der Waals surface area contributed by atoms with Crippen molar-refractivity contribution in [3.05, 3.63) is 33.9 Å². The zero-order valence-electron chi connectivity index (χ0n) is 15.4. The number of nitrogens with one attached hydrogen (secondary N) is 1. The molecule has 0 amide bonds. The van der Waals surface area contributed by atoms with Crippen LogP contribution in [0.2, 0.25) is 0 Å². The molecule has 9 heteroatoms. The molecule has 0 spiro atoms. The first-order valence-corrected chi connectivity index (χ1v) is 8.91. The SMILES string of the molecule is CCCNC1CCN(c2nc3c(cc2F)c(=O)c(C(=O)O)cn3CC)C1.Cl. The predicted octanol–water partition coefficient (Wildman–Crippen LogP) is 2.25. The summed E-state index contributed by atoms with van der Waals surface area (Å²) in [6.07, 6.45) is 3.21. The fourth-order valence-electron chi connectivity index (χ4n) is 3.36. The first-order valence-electron chi connectivity index (χ1n) is 8.91. The maximum Gasteiger partial charge on any atom is 0.341 e. The van der Waals surface area contributed by atoms with E-state index in [0.29, 0.717) is 25.3 Å². The summed E-state index contributed by atoms with van der Waals surface area (Å²) in [5, 5.41) is 12.6. The summed E-state index contributed by atoms with van der Waals surface area (Å²) in [7, 11) is 0. The summed E-state index contributed by atoms with van der Waals surface area (Å²) in [6.45, 7) is 6.59. The highest BCUT2D eigenvalue weighted by atomic mass is 35.5. The topological polar surface area (TPSA) is 87.5 Å². The van der Waals surface area contributed by atoms with Gasteiger partial charge in [-0.05, 0) is 32.4 Å². The number of carbonyl (C=O) groups is 1. The van der Waals surface area contributed by atoms with Crippen LogP contribution in [-0.2, 0) is 6.54 Å². The fourth-order valence-corrected chi connectivity index (χ4v) is 3.36. The third kappa shape index (κ3) is 4.06. The van der Waals surface area contributed by atoms with Gasteiger partial charge in [0.15, 0.2) is 11.6 Å². The second-order valence-electron chi connectivity index (χ2n) is 6.51. The lowest BCUT2D eigenvalue weighted by atomic mass is 10.2. The molecule has 2 N–H and O–H groups in total. The number of hydrogen-bond donors (Lipinski definition) is 2. The molecule has 148 valence electrons. The Hall–Kier alpha value is -2.19. The molecule has 0 bridgehead atoms. The van der Waals surface area contributed by atoms with Crippen molar-refractivity contribution in [3.63, 3.8) is 0 Å². The van der Waals surface area contributed by atoms with E-state index in [1.54, 1.807) is 4.57 Å². The number of anilines is 1. The van der Waals surface area contributed by atoms with Gasteiger partial charge in [0.1, 0.15) is 11.2 Å². The van der Waals surface area contributed by atoms with Crippen molar-refractivity contribution in [1.82, 2.24) is 14.9 Å². The minimum absolute atomic E-state index is 0. The average Bonchev–Trinajstić information content (AvgIpc) is 3.08. The van der Waals surface area contributed by atoms with Crippen molar-refractivity contribution in [2.45, 2.75) is 39.3 Å². The van der Waals surface area contributed by atoms with Gasteiger partial charge in [0.25, 0.3) is 0 Å². The lowest BCUT2D eigenvalue weighted by molar-refractivity contribution is 0.0695. The molecule has 1 fully saturated rings. The number of carboxylic acid groups (broad SMARTS) is 1. The third-order valence-electron chi connectivity index (χ3n) is 4.73. The van der Waals surface area contributed by atoms with E-state index in [2.05, 4.69) is 17.2 Å². The molecule has 2 aromatic rings. The van der Waals surface area contributed by atoms with E-state index in [1.165, 1.54) is 6.20 Å². The number of nitrogens with zero attached hydrogens (tertiary/aromatic N) is 3. The van der Waals surface area contributed by atoms with Crippen LogP contribution in [0.5, 0.6) is 0 Å². The van der Waals surface area contributed by atoms with Gasteiger partial charge < -0.3 is 19.9 Å². The molecular weight excluding hydrogens is 375 g/mol. The van der Waals surface area contributed by atoms with Crippen LogP contribution in [0.4, 0.5) is 10.2 Å². The minimum Gasteiger partial charge on any atom is -0.477 e. The van der Waals surface area contributed by atoms with Crippen LogP contribution in [-0.4, -0.2) is 46.3 Å². The lowest BCUT2D eigenvalue weighted by Gasteiger charge is -2.20. The first-order chi connectivity index (χ1) is 12.5. The van der Waals surface area contributed by atoms with Crippen LogP contribution in [0.25, 0.3) is 11.0 Å². The Labute approximate surface area is 162 Å². The number of aromatic nitrogens is 2. The molecule has 1 aliphatic rings. The Morgan fingerprint density at radius 1 is 1.44 bits per heavy atom. The number of carboxylic acids is 1. The minimum atomic E-state index is -1.33. The second kappa shape index (κ2) is 8.67. The number of halogens is 2. The number of fused-ring (bicyclic) bond motifs is 1. The zero-order chi connectivity index (χ0) is 18.8. The van der Waals surface area contributed by atoms with Gasteiger partial charge in [-0.3, -0.25) is 4.79 Å². The molecule has 3 rings (SSSR count). The van der Waals surface area contributed by atoms with Crippen molar-refractivity contribution in [2.24, 2.45) is 0 Å². The van der Waals surface area contributed by atoms with Gasteiger partial charge in [-0.25, -0.2) is 14.2 Å². The molecule has 3 heterocycles. The van der Waals surface area contributed by atoms with Gasteiger partial charge in [-0.2, -0.15) is 0 Å². The Bertz CT molecular complexity index is 902. The Kier molecular flexibility index (Phi) is 6.78. The summed E-state index contributed by atoms with van der Waals surface area (Å²) in [6, 6.07) is 1.40. The Morgan fingerprint density at radius 2 is 2.19 bits per heavy atom. The van der Waals surface area contributed by atoms with Gasteiger partial charge >= 0.3 is 5.97 Å². The molecule has 7 nitrogen and oxygen atoms in total. The lowest BCUT2D eigenvalue weighted by Crippen LogP contribution is -2.33. The molecule has 1 saturated heterocycles. The first kappa shape index (κ1) is 21.1. The summed E-state index contributed by atoms with van der Waals surface area (Å²) in [5.74, 6) is -1.72. The van der Waals surface area contributed by atoms with Gasteiger partial charge in [0.2, 0.25) is 5.43 Å². The largest absolute Gasteiger partial charge is 0.477 e. The molecule has 1 unspecified atom stereocenters. The highest BCUT2D eigenvalue weighted by Crippen LogP contribution is 2.25. The van der Waals surface area contributed by atoms with E-state index in [9.17, 15) is 19.1 Å². The van der Waals surface area contributed by atoms with E-state index < -0.39 is 17.2 Å². The predicted molar refractivity (Wildman–Crippen MR) is 105 cm³/mol. The van der Waals surface area contributed by atoms with Gasteiger partial charge in [0.05, 0.1) is 5.39 Å². The molecule has 27 heavy (non-hydrogen) atoms. The van der Waals surface area contributed by atoms with Gasteiger partial charge in [0, 0.05) is 31.9 Å². The van der Waals surface area contributed by atoms with E-state index >= 15 is 0 Å². The van der Waals surface area contributed by atoms with Crippen LogP contribution in [0, 0.1) is 5.82 Å². The van der Waals surface area contributed by atoms with E-state index in [-0.39, 0.29) is 35.2 Å². The normalized spacial score (nSPS) is 16.6. The Morgan fingerprint density at radius 3 is 2.81 bits per heavy atom. The molecule has 0 aromatic carbocycles. The number of aryl methyl sites for hydroxylation is 1. The molecule has 2 aromatic heterocycles. The molecule has 0 aliphatic carbocycles. The van der Waals surface area contributed by atoms with Gasteiger partial charge in [-0.1, -0.05) is 6.92 Å². The van der Waals surface area contributed by atoms with Crippen molar-refractivity contribution in [3.8, 4) is 0 Å². The number of rotatable bonds is 6. The molecule has 0 saturated carbocycles. The van der Waals surface area contributed by atoms with E-state index in [0.717, 1.165) is 25.5 Å². The summed E-state index contributed by atoms with van der Waals surface area (Å²) in [5.41, 5.74) is -0.777. The smallest absolute Gasteiger partial charge is 0.341 e. The van der Waals surface area contributed by atoms with E-state index in [1.807, 2.05) is 11.8 Å². The molecule has 1 atom stereocenters. The maximum absolute atomic E-state index is 14.7. The van der Waals surface area contributed by atoms with Crippen LogP contribution in [0.15, 0.2) is 17.1 Å². The summed E-state index contributed by atoms with van der Waals surface area (Å²) < 4.78 is 16.3. The van der Waals surface area contributed by atoms with E-state index in [4.69, 9.17) is 0 Å². The van der Waals surface area contributed by atoms with Crippen molar-refractivity contribution < 1.29 is 14.3 Å².